The van der Waals surface area contributed by atoms with Crippen molar-refractivity contribution >= 4 is 17.3 Å². The van der Waals surface area contributed by atoms with Gasteiger partial charge in [0.05, 0.1) is 16.8 Å². The van der Waals surface area contributed by atoms with Gasteiger partial charge in [-0.3, -0.25) is 0 Å². The van der Waals surface area contributed by atoms with E-state index < -0.39 is 6.10 Å². The van der Waals surface area contributed by atoms with Crippen LogP contribution in [0.25, 0.3) is 0 Å². The van der Waals surface area contributed by atoms with Gasteiger partial charge in [-0.1, -0.05) is 17.7 Å². The lowest BCUT2D eigenvalue weighted by atomic mass is 10.1. The first kappa shape index (κ1) is 12.3. The van der Waals surface area contributed by atoms with E-state index in [1.54, 1.807) is 6.92 Å². The normalized spacial score (nSPS) is 20.8. The summed E-state index contributed by atoms with van der Waals surface area (Å²) >= 11 is 6.39. The predicted octanol–water partition coefficient (Wildman–Crippen LogP) is 3.77. The van der Waals surface area contributed by atoms with Gasteiger partial charge in [0.25, 0.3) is 0 Å². The highest BCUT2D eigenvalue weighted by molar-refractivity contribution is 6.33. The number of nitrogens with zero attached hydrogens (tertiary/aromatic N) is 1. The molecule has 18 heavy (non-hydrogen) atoms. The van der Waals surface area contributed by atoms with Crippen LogP contribution in [0.3, 0.4) is 0 Å². The number of halogens is 1. The topological polar surface area (TPSA) is 23.5 Å². The minimum absolute atomic E-state index is 0.450. The fraction of sp³-hybridized carbons (Fsp3) is 0.600. The monoisotopic (exact) mass is 265 g/mol. The van der Waals surface area contributed by atoms with E-state index in [4.69, 9.17) is 11.6 Å². The molecule has 98 valence electrons. The van der Waals surface area contributed by atoms with Crippen LogP contribution < -0.4 is 4.90 Å². The van der Waals surface area contributed by atoms with Crippen LogP contribution in [0.4, 0.5) is 5.69 Å². The SMILES string of the molecule is C[C@H](O)c1ccc(N(CC2CC2)C2CC2)c(Cl)c1. The largest absolute Gasteiger partial charge is 0.389 e. The Labute approximate surface area is 114 Å². The first-order valence-corrected chi connectivity index (χ1v) is 7.27. The quantitative estimate of drug-likeness (QED) is 0.876. The highest BCUT2D eigenvalue weighted by atomic mass is 35.5. The van der Waals surface area contributed by atoms with E-state index in [0.717, 1.165) is 28.7 Å². The minimum atomic E-state index is -0.450. The molecule has 0 spiro atoms. The molecule has 2 aliphatic rings. The number of hydrogen-bond acceptors (Lipinski definition) is 2. The highest BCUT2D eigenvalue weighted by Gasteiger charge is 2.34. The van der Waals surface area contributed by atoms with Gasteiger partial charge in [-0.15, -0.1) is 0 Å². The molecule has 0 amide bonds. The standard InChI is InChI=1S/C15H20ClNO/c1-10(18)12-4-7-15(14(16)8-12)17(13-5-6-13)9-11-2-3-11/h4,7-8,10-11,13,18H,2-3,5-6,9H2,1H3/t10-/m0/s1. The lowest BCUT2D eigenvalue weighted by Crippen LogP contribution is -2.28. The van der Waals surface area contributed by atoms with Crippen LogP contribution in [0.15, 0.2) is 18.2 Å². The molecular formula is C15H20ClNO. The Morgan fingerprint density at radius 2 is 2.06 bits per heavy atom. The van der Waals surface area contributed by atoms with Crippen molar-refractivity contribution in [3.63, 3.8) is 0 Å². The van der Waals surface area contributed by atoms with Gasteiger partial charge in [0.15, 0.2) is 0 Å². The van der Waals surface area contributed by atoms with Gasteiger partial charge in [-0.25, -0.2) is 0 Å². The third kappa shape index (κ3) is 2.65. The fourth-order valence-corrected chi connectivity index (χ4v) is 2.72. The Kier molecular flexibility index (Phi) is 3.25. The molecule has 0 radical (unpaired) electrons. The Bertz CT molecular complexity index is 438. The molecule has 2 fully saturated rings. The van der Waals surface area contributed by atoms with Crippen LogP contribution >= 0.6 is 11.6 Å². The molecule has 3 heteroatoms. The number of hydrogen-bond donors (Lipinski definition) is 1. The van der Waals surface area contributed by atoms with E-state index in [-0.39, 0.29) is 0 Å². The van der Waals surface area contributed by atoms with Crippen LogP contribution in [-0.4, -0.2) is 17.7 Å². The van der Waals surface area contributed by atoms with Crippen molar-refractivity contribution in [1.29, 1.82) is 0 Å². The summed E-state index contributed by atoms with van der Waals surface area (Å²) in [7, 11) is 0. The number of aliphatic hydroxyl groups excluding tert-OH is 1. The highest BCUT2D eigenvalue weighted by Crippen LogP contribution is 2.40. The van der Waals surface area contributed by atoms with Crippen molar-refractivity contribution < 1.29 is 5.11 Å². The Hall–Kier alpha value is -0.730. The summed E-state index contributed by atoms with van der Waals surface area (Å²) in [5, 5.41) is 10.4. The smallest absolute Gasteiger partial charge is 0.0762 e. The molecule has 1 aromatic rings. The molecule has 2 saturated carbocycles. The second-order valence-corrected chi connectivity index (χ2v) is 6.12. The number of anilines is 1. The van der Waals surface area contributed by atoms with E-state index in [0.29, 0.717) is 6.04 Å². The molecule has 0 heterocycles. The zero-order valence-corrected chi connectivity index (χ0v) is 11.5. The summed E-state index contributed by atoms with van der Waals surface area (Å²) in [6, 6.07) is 6.67. The molecule has 0 bridgehead atoms. The number of rotatable bonds is 5. The second-order valence-electron chi connectivity index (χ2n) is 5.71. The zero-order chi connectivity index (χ0) is 12.7. The van der Waals surface area contributed by atoms with Gasteiger partial charge in [-0.05, 0) is 56.2 Å². The van der Waals surface area contributed by atoms with Crippen LogP contribution in [0, 0.1) is 5.92 Å². The predicted molar refractivity (Wildman–Crippen MR) is 75.2 cm³/mol. The van der Waals surface area contributed by atoms with Crippen molar-refractivity contribution in [3.05, 3.63) is 28.8 Å². The number of benzene rings is 1. The molecule has 0 saturated heterocycles. The first-order valence-electron chi connectivity index (χ1n) is 6.89. The maximum Gasteiger partial charge on any atom is 0.0762 e. The van der Waals surface area contributed by atoms with Crippen molar-refractivity contribution in [3.8, 4) is 0 Å². The van der Waals surface area contributed by atoms with Crippen molar-refractivity contribution in [1.82, 2.24) is 0 Å². The molecule has 0 aromatic heterocycles. The summed E-state index contributed by atoms with van der Waals surface area (Å²) in [6.07, 6.45) is 4.87. The van der Waals surface area contributed by atoms with Gasteiger partial charge < -0.3 is 10.0 Å². The van der Waals surface area contributed by atoms with E-state index in [2.05, 4.69) is 11.0 Å². The van der Waals surface area contributed by atoms with Crippen LogP contribution in [0.5, 0.6) is 0 Å². The Morgan fingerprint density at radius 3 is 2.56 bits per heavy atom. The van der Waals surface area contributed by atoms with Crippen molar-refractivity contribution in [2.45, 2.75) is 44.8 Å². The van der Waals surface area contributed by atoms with E-state index in [1.807, 2.05) is 12.1 Å². The van der Waals surface area contributed by atoms with E-state index in [1.165, 1.54) is 25.7 Å². The molecule has 1 N–H and O–H groups in total. The summed E-state index contributed by atoms with van der Waals surface area (Å²) < 4.78 is 0. The lowest BCUT2D eigenvalue weighted by molar-refractivity contribution is 0.199. The van der Waals surface area contributed by atoms with Crippen LogP contribution in [0.2, 0.25) is 5.02 Å². The van der Waals surface area contributed by atoms with Gasteiger partial charge >= 0.3 is 0 Å². The maximum atomic E-state index is 9.58. The third-order valence-electron chi connectivity index (χ3n) is 3.90. The second kappa shape index (κ2) is 4.75. The molecule has 2 aliphatic carbocycles. The molecule has 0 aliphatic heterocycles. The average molecular weight is 266 g/mol. The molecule has 1 aromatic carbocycles. The Morgan fingerprint density at radius 1 is 1.33 bits per heavy atom. The van der Waals surface area contributed by atoms with Crippen LogP contribution in [-0.2, 0) is 0 Å². The molecule has 0 unspecified atom stereocenters. The summed E-state index contributed by atoms with van der Waals surface area (Å²) in [5.74, 6) is 0.873. The summed E-state index contributed by atoms with van der Waals surface area (Å²) in [5.41, 5.74) is 2.04. The third-order valence-corrected chi connectivity index (χ3v) is 4.21. The average Bonchev–Trinajstić information content (AvgIpc) is 3.19. The maximum absolute atomic E-state index is 9.58. The first-order chi connectivity index (χ1) is 8.65. The lowest BCUT2D eigenvalue weighted by Gasteiger charge is -2.26. The zero-order valence-electron chi connectivity index (χ0n) is 10.8. The molecule has 2 nitrogen and oxygen atoms in total. The van der Waals surface area contributed by atoms with Crippen LogP contribution in [0.1, 0.15) is 44.3 Å². The molecule has 1 atom stereocenters. The van der Waals surface area contributed by atoms with E-state index >= 15 is 0 Å². The summed E-state index contributed by atoms with van der Waals surface area (Å²) in [6.45, 7) is 2.92. The Balaban J connectivity index is 1.83. The van der Waals surface area contributed by atoms with E-state index in [9.17, 15) is 5.11 Å². The van der Waals surface area contributed by atoms with Gasteiger partial charge in [0.2, 0.25) is 0 Å². The van der Waals surface area contributed by atoms with Gasteiger partial charge in [0, 0.05) is 12.6 Å². The van der Waals surface area contributed by atoms with Gasteiger partial charge in [0.1, 0.15) is 0 Å². The molecular weight excluding hydrogens is 246 g/mol. The minimum Gasteiger partial charge on any atom is -0.389 e. The number of aliphatic hydroxyl groups is 1. The van der Waals surface area contributed by atoms with Crippen molar-refractivity contribution in [2.75, 3.05) is 11.4 Å². The fourth-order valence-electron chi connectivity index (χ4n) is 2.42. The summed E-state index contributed by atoms with van der Waals surface area (Å²) in [4.78, 5) is 2.48. The van der Waals surface area contributed by atoms with Crippen molar-refractivity contribution in [2.24, 2.45) is 5.92 Å². The van der Waals surface area contributed by atoms with Gasteiger partial charge in [-0.2, -0.15) is 0 Å². The molecule has 3 rings (SSSR count).